The molecule has 3 aliphatic carbocycles. The number of hydrogen-bond acceptors (Lipinski definition) is 6. The van der Waals surface area contributed by atoms with Crippen LogP contribution in [0, 0.1) is 0 Å². The van der Waals surface area contributed by atoms with Crippen molar-refractivity contribution in [2.24, 2.45) is 9.98 Å². The van der Waals surface area contributed by atoms with Gasteiger partial charge in [0.15, 0.2) is 5.82 Å². The van der Waals surface area contributed by atoms with E-state index >= 15 is 0 Å². The minimum absolute atomic E-state index is 0.173. The molecular formula is C19H25F2N7O2S. The van der Waals surface area contributed by atoms with Gasteiger partial charge < -0.3 is 4.57 Å². The second kappa shape index (κ2) is 6.97. The van der Waals surface area contributed by atoms with E-state index < -0.39 is 34.8 Å². The summed E-state index contributed by atoms with van der Waals surface area (Å²) in [6, 6.07) is 0. The number of aliphatic imine (C=N–C) groups is 2. The van der Waals surface area contributed by atoms with Crippen molar-refractivity contribution in [2.75, 3.05) is 13.1 Å². The molecule has 0 aromatic carbocycles. The minimum Gasteiger partial charge on any atom is -0.306 e. The molecule has 4 fully saturated rings. The Morgan fingerprint density at radius 2 is 1.74 bits per heavy atom. The van der Waals surface area contributed by atoms with Gasteiger partial charge >= 0.3 is 0 Å². The van der Waals surface area contributed by atoms with Crippen LogP contribution >= 0.6 is 0 Å². The number of amidine groups is 1. The van der Waals surface area contributed by atoms with E-state index in [9.17, 15) is 17.2 Å². The van der Waals surface area contributed by atoms with Crippen molar-refractivity contribution in [1.29, 1.82) is 0 Å². The average molecular weight is 454 g/mol. The second-order valence-electron chi connectivity index (χ2n) is 9.10. The van der Waals surface area contributed by atoms with Crippen molar-refractivity contribution in [3.8, 4) is 0 Å². The van der Waals surface area contributed by atoms with Gasteiger partial charge in [0.2, 0.25) is 0 Å². The summed E-state index contributed by atoms with van der Waals surface area (Å²) in [4.78, 5) is 8.54. The molecule has 1 aromatic rings. The summed E-state index contributed by atoms with van der Waals surface area (Å²) in [7, 11) is -3.92. The van der Waals surface area contributed by atoms with Gasteiger partial charge in [-0.05, 0) is 51.5 Å². The molecular weight excluding hydrogens is 428 g/mol. The molecule has 0 radical (unpaired) electrons. The van der Waals surface area contributed by atoms with Crippen LogP contribution in [0.3, 0.4) is 0 Å². The predicted molar refractivity (Wildman–Crippen MR) is 111 cm³/mol. The molecule has 1 aromatic heterocycles. The molecule has 31 heavy (non-hydrogen) atoms. The Balaban J connectivity index is 1.34. The number of allylic oxidation sites excluding steroid dienone is 1. The predicted octanol–water partition coefficient (Wildman–Crippen LogP) is 1.77. The van der Waals surface area contributed by atoms with Gasteiger partial charge in [0, 0.05) is 23.7 Å². The zero-order valence-corrected chi connectivity index (χ0v) is 18.1. The fourth-order valence-corrected chi connectivity index (χ4v) is 6.83. The summed E-state index contributed by atoms with van der Waals surface area (Å²) in [6.45, 7) is 0.916. The summed E-state index contributed by atoms with van der Waals surface area (Å²) in [5.41, 5.74) is -0.748. The lowest BCUT2D eigenvalue weighted by Crippen LogP contribution is -2.66. The summed E-state index contributed by atoms with van der Waals surface area (Å²) in [5.74, 6) is -0.713. The van der Waals surface area contributed by atoms with E-state index in [4.69, 9.17) is 0 Å². The van der Waals surface area contributed by atoms with Crippen LogP contribution in [-0.2, 0) is 22.2 Å². The van der Waals surface area contributed by atoms with Crippen molar-refractivity contribution in [3.05, 3.63) is 23.9 Å². The Hall–Kier alpha value is -2.05. The molecule has 1 saturated heterocycles. The Labute approximate surface area is 179 Å². The lowest BCUT2D eigenvalue weighted by Gasteiger charge is -2.53. The molecule has 2 aliphatic heterocycles. The SMILES string of the molecule is CC1=NC=CCn2c(nnc2C23CCC(NS(=O)(=O)N4CC(F)(F)C4)(CC2)CC3)C=N1. The third-order valence-electron chi connectivity index (χ3n) is 7.02. The van der Waals surface area contributed by atoms with Crippen LogP contribution in [0.25, 0.3) is 0 Å². The molecule has 0 atom stereocenters. The van der Waals surface area contributed by atoms with Crippen molar-refractivity contribution in [1.82, 2.24) is 23.8 Å². The fourth-order valence-electron chi connectivity index (χ4n) is 5.13. The van der Waals surface area contributed by atoms with Crippen LogP contribution in [0.15, 0.2) is 22.3 Å². The van der Waals surface area contributed by atoms with Crippen molar-refractivity contribution in [2.45, 2.75) is 68.9 Å². The maximum absolute atomic E-state index is 13.2. The molecule has 2 bridgehead atoms. The molecule has 0 spiro atoms. The van der Waals surface area contributed by atoms with Gasteiger partial charge in [-0.15, -0.1) is 10.2 Å². The first-order chi connectivity index (χ1) is 14.6. The fraction of sp³-hybridized carbons (Fsp3) is 0.684. The average Bonchev–Trinajstić information content (AvgIpc) is 3.14. The van der Waals surface area contributed by atoms with Crippen LogP contribution in [0.5, 0.6) is 0 Å². The number of rotatable bonds is 4. The molecule has 6 rings (SSSR count). The summed E-state index contributed by atoms with van der Waals surface area (Å²) >= 11 is 0. The third-order valence-corrected chi connectivity index (χ3v) is 8.65. The van der Waals surface area contributed by atoms with Crippen LogP contribution in [0.2, 0.25) is 0 Å². The molecule has 5 aliphatic rings. The molecule has 0 unspecified atom stereocenters. The molecule has 1 N–H and O–H groups in total. The number of nitrogens with zero attached hydrogens (tertiary/aromatic N) is 6. The Morgan fingerprint density at radius 3 is 2.39 bits per heavy atom. The lowest BCUT2D eigenvalue weighted by molar-refractivity contribution is -0.0955. The van der Waals surface area contributed by atoms with Gasteiger partial charge in [-0.3, -0.25) is 0 Å². The quantitative estimate of drug-likeness (QED) is 0.750. The van der Waals surface area contributed by atoms with Crippen LogP contribution in [-0.4, -0.2) is 64.1 Å². The monoisotopic (exact) mass is 453 g/mol. The maximum Gasteiger partial charge on any atom is 0.280 e. The number of aromatic nitrogens is 3. The van der Waals surface area contributed by atoms with E-state index in [0.29, 0.717) is 37.5 Å². The van der Waals surface area contributed by atoms with Gasteiger partial charge in [0.1, 0.15) is 11.7 Å². The molecule has 168 valence electrons. The zero-order chi connectivity index (χ0) is 21.9. The topological polar surface area (TPSA) is 105 Å². The van der Waals surface area contributed by atoms with Gasteiger partial charge in [-0.1, -0.05) is 0 Å². The lowest BCUT2D eigenvalue weighted by atomic mass is 9.57. The van der Waals surface area contributed by atoms with Crippen LogP contribution < -0.4 is 4.72 Å². The number of alkyl halides is 2. The van der Waals surface area contributed by atoms with E-state index in [1.807, 2.05) is 13.0 Å². The van der Waals surface area contributed by atoms with E-state index in [-0.39, 0.29) is 5.41 Å². The Kier molecular flexibility index (Phi) is 4.69. The molecule has 9 nitrogen and oxygen atoms in total. The second-order valence-corrected chi connectivity index (χ2v) is 10.8. The molecule has 3 heterocycles. The van der Waals surface area contributed by atoms with Crippen molar-refractivity contribution >= 4 is 22.3 Å². The molecule has 12 heteroatoms. The number of hydrogen-bond donors (Lipinski definition) is 1. The van der Waals surface area contributed by atoms with E-state index in [1.165, 1.54) is 0 Å². The normalized spacial score (nSPS) is 32.5. The largest absolute Gasteiger partial charge is 0.306 e. The smallest absolute Gasteiger partial charge is 0.280 e. The number of nitrogens with one attached hydrogen (secondary N) is 1. The highest BCUT2D eigenvalue weighted by atomic mass is 32.2. The summed E-state index contributed by atoms with van der Waals surface area (Å²) in [5, 5.41) is 8.85. The maximum atomic E-state index is 13.2. The highest BCUT2D eigenvalue weighted by Gasteiger charge is 2.56. The summed E-state index contributed by atoms with van der Waals surface area (Å²) < 4.78 is 57.2. The zero-order valence-electron chi connectivity index (χ0n) is 17.3. The Morgan fingerprint density at radius 1 is 1.06 bits per heavy atom. The minimum atomic E-state index is -3.92. The van der Waals surface area contributed by atoms with Gasteiger partial charge in [-0.2, -0.15) is 17.4 Å². The number of halogens is 2. The molecule has 0 amide bonds. The molecule has 3 saturated carbocycles. The van der Waals surface area contributed by atoms with Gasteiger partial charge in [0.05, 0.1) is 19.3 Å². The van der Waals surface area contributed by atoms with Crippen LogP contribution in [0.4, 0.5) is 8.78 Å². The Bertz CT molecular complexity index is 1060. The van der Waals surface area contributed by atoms with Crippen molar-refractivity contribution in [3.63, 3.8) is 0 Å². The van der Waals surface area contributed by atoms with E-state index in [0.717, 1.165) is 29.4 Å². The standard InChI is InChI=1S/C19H25F2N7O2S/c1-14-22-9-2-10-28-15(11-23-14)24-25-16(28)17-3-6-18(7-4-17,8-5-17)26-31(29,30)27-12-19(20,21)13-27/h2,9,11,26H,3-8,10,12-13H2,1H3. The highest BCUT2D eigenvalue weighted by Crippen LogP contribution is 2.53. The van der Waals surface area contributed by atoms with E-state index in [1.54, 1.807) is 12.4 Å². The van der Waals surface area contributed by atoms with E-state index in [2.05, 4.69) is 29.5 Å². The first-order valence-corrected chi connectivity index (χ1v) is 11.9. The van der Waals surface area contributed by atoms with Gasteiger partial charge in [0.25, 0.3) is 16.1 Å². The van der Waals surface area contributed by atoms with Crippen molar-refractivity contribution < 1.29 is 17.2 Å². The number of fused-ring (bicyclic) bond motifs is 4. The first kappa shape index (κ1) is 20.8. The van der Waals surface area contributed by atoms with Gasteiger partial charge in [-0.25, -0.2) is 18.8 Å². The summed E-state index contributed by atoms with van der Waals surface area (Å²) in [6.07, 6.45) is 9.56. The third kappa shape index (κ3) is 3.64. The van der Waals surface area contributed by atoms with Crippen LogP contribution in [0.1, 0.15) is 57.1 Å². The first-order valence-electron chi connectivity index (χ1n) is 10.5. The highest BCUT2D eigenvalue weighted by molar-refractivity contribution is 7.87.